The minimum absolute atomic E-state index is 0.201. The molecule has 1 N–H and O–H groups in total. The maximum Gasteiger partial charge on any atom is 0.346 e. The van der Waals surface area contributed by atoms with Crippen LogP contribution in [-0.2, 0) is 13.8 Å². The second-order valence-electron chi connectivity index (χ2n) is 10.2. The molecule has 2 unspecified atom stereocenters. The molecule has 0 saturated carbocycles. The molecule has 2 heterocycles. The van der Waals surface area contributed by atoms with E-state index < -0.39 is 13.3 Å². The third kappa shape index (κ3) is 7.44. The van der Waals surface area contributed by atoms with Crippen LogP contribution in [0, 0.1) is 30.1 Å². The maximum absolute atomic E-state index is 14.2. The molecule has 0 radical (unpaired) electrons. The molecule has 1 aliphatic rings. The van der Waals surface area contributed by atoms with E-state index in [1.165, 1.54) is 18.4 Å². The average molecular weight is 537 g/mol. The van der Waals surface area contributed by atoms with Crippen molar-refractivity contribution in [1.82, 2.24) is 0 Å². The van der Waals surface area contributed by atoms with Gasteiger partial charge in [0.25, 0.3) is 0 Å². The van der Waals surface area contributed by atoms with E-state index in [1.54, 1.807) is 18.2 Å². The zero-order chi connectivity index (χ0) is 25.8. The van der Waals surface area contributed by atoms with Gasteiger partial charge in [-0.15, -0.1) is 11.3 Å². The number of carboxylic acid groups (broad SMARTS) is 1. The fraction of sp³-hybridized carbons (Fsp3) is 0.519. The lowest BCUT2D eigenvalue weighted by Crippen LogP contribution is -2.22. The topological polar surface area (TPSA) is 72.8 Å². The number of aromatic carboxylic acids is 1. The Morgan fingerprint density at radius 3 is 2.57 bits per heavy atom. The van der Waals surface area contributed by atoms with Gasteiger partial charge in [-0.05, 0) is 94.2 Å². The Balaban J connectivity index is 2.07. The number of ether oxygens (including phenoxy) is 1. The van der Waals surface area contributed by atoms with Gasteiger partial charge < -0.3 is 14.4 Å². The highest BCUT2D eigenvalue weighted by Gasteiger charge is 2.35. The van der Waals surface area contributed by atoms with Crippen LogP contribution in [0.2, 0.25) is 5.02 Å². The maximum atomic E-state index is 14.2. The van der Waals surface area contributed by atoms with Gasteiger partial charge in [0.15, 0.2) is 0 Å². The molecule has 0 aliphatic carbocycles. The van der Waals surface area contributed by atoms with Crippen molar-refractivity contribution in [2.45, 2.75) is 52.9 Å². The Bertz CT molecular complexity index is 1160. The Labute approximate surface area is 217 Å². The summed E-state index contributed by atoms with van der Waals surface area (Å²) in [7, 11) is -1.83. The van der Waals surface area contributed by atoms with Gasteiger partial charge in [0.05, 0.1) is 4.88 Å². The molecule has 2 atom stereocenters. The van der Waals surface area contributed by atoms with Crippen LogP contribution in [0.1, 0.15) is 71.6 Å². The lowest BCUT2D eigenvalue weighted by molar-refractivity contribution is 0.0618. The molecule has 1 aromatic carbocycles. The minimum atomic E-state index is -3.30. The minimum Gasteiger partial charge on any atom is -0.477 e. The van der Waals surface area contributed by atoms with Crippen LogP contribution in [0.3, 0.4) is 0 Å². The Morgan fingerprint density at radius 1 is 1.31 bits per heavy atom. The number of hydrogen-bond acceptors (Lipinski definition) is 5. The monoisotopic (exact) mass is 536 g/mol. The fourth-order valence-electron chi connectivity index (χ4n) is 4.43. The summed E-state index contributed by atoms with van der Waals surface area (Å²) in [6.07, 6.45) is 2.73. The predicted octanol–water partition coefficient (Wildman–Crippen LogP) is 6.96. The van der Waals surface area contributed by atoms with Crippen molar-refractivity contribution >= 4 is 41.6 Å². The molecule has 0 spiro atoms. The first-order valence-corrected chi connectivity index (χ1v) is 14.8. The largest absolute Gasteiger partial charge is 0.477 e. The number of aryl methyl sites for hydroxylation is 1. The molecule has 5 nitrogen and oxygen atoms in total. The van der Waals surface area contributed by atoms with E-state index in [0.29, 0.717) is 46.3 Å². The van der Waals surface area contributed by atoms with Crippen molar-refractivity contribution in [3.8, 4) is 11.8 Å². The number of hydrogen-bond donors (Lipinski definition) is 1. The van der Waals surface area contributed by atoms with Crippen LogP contribution in [0.4, 0.5) is 0 Å². The van der Waals surface area contributed by atoms with Crippen LogP contribution in [-0.4, -0.2) is 37.6 Å². The molecule has 1 aliphatic heterocycles. The first-order valence-electron chi connectivity index (χ1n) is 11.8. The van der Waals surface area contributed by atoms with E-state index in [0.717, 1.165) is 18.4 Å². The number of rotatable bonds is 8. The van der Waals surface area contributed by atoms with E-state index in [2.05, 4.69) is 11.8 Å². The van der Waals surface area contributed by atoms with Gasteiger partial charge in [-0.25, -0.2) is 4.79 Å². The first kappa shape index (κ1) is 28.0. The van der Waals surface area contributed by atoms with Crippen LogP contribution in [0.15, 0.2) is 24.3 Å². The van der Waals surface area contributed by atoms with Crippen molar-refractivity contribution in [2.75, 3.05) is 26.5 Å². The van der Waals surface area contributed by atoms with Gasteiger partial charge >= 0.3 is 5.97 Å². The van der Waals surface area contributed by atoms with Gasteiger partial charge in [-0.3, -0.25) is 4.57 Å². The summed E-state index contributed by atoms with van der Waals surface area (Å²) < 4.78 is 25.5. The van der Waals surface area contributed by atoms with Crippen LogP contribution < -0.4 is 5.30 Å². The van der Waals surface area contributed by atoms with Crippen molar-refractivity contribution in [3.05, 3.63) is 50.2 Å². The molecular weight excluding hydrogens is 503 g/mol. The average Bonchev–Trinajstić information content (AvgIpc) is 3.22. The lowest BCUT2D eigenvalue weighted by Gasteiger charge is -2.29. The van der Waals surface area contributed by atoms with Crippen molar-refractivity contribution in [1.29, 1.82) is 0 Å². The quantitative estimate of drug-likeness (QED) is 0.292. The van der Waals surface area contributed by atoms with Gasteiger partial charge in [0.1, 0.15) is 4.88 Å². The van der Waals surface area contributed by atoms with Crippen LogP contribution >= 0.6 is 30.3 Å². The van der Waals surface area contributed by atoms with E-state index in [9.17, 15) is 14.5 Å². The van der Waals surface area contributed by atoms with E-state index in [4.69, 9.17) is 20.9 Å². The predicted molar refractivity (Wildman–Crippen MR) is 144 cm³/mol. The molecule has 1 aromatic heterocycles. The number of thiophene rings is 1. The SMILES string of the molecule is COP(=O)(CC(CC1CCOCC1)c1cc(C#CC(C)(C)C)sc1C(=O)O)c1ccc(Cl)cc1C. The molecule has 2 aromatic rings. The molecular formula is C27H34ClO5PS. The zero-order valence-electron chi connectivity index (χ0n) is 21.0. The Morgan fingerprint density at radius 2 is 2.00 bits per heavy atom. The molecule has 0 amide bonds. The molecule has 190 valence electrons. The molecule has 8 heteroatoms. The summed E-state index contributed by atoms with van der Waals surface area (Å²) in [5.74, 6) is 5.46. The Kier molecular flexibility index (Phi) is 9.29. The molecule has 0 bridgehead atoms. The van der Waals surface area contributed by atoms with Crippen LogP contribution in [0.25, 0.3) is 0 Å². The van der Waals surface area contributed by atoms with Crippen molar-refractivity contribution in [2.24, 2.45) is 11.3 Å². The van der Waals surface area contributed by atoms with Gasteiger partial charge in [0, 0.05) is 42.2 Å². The third-order valence-corrected chi connectivity index (χ3v) is 10.2. The highest BCUT2D eigenvalue weighted by Crippen LogP contribution is 2.52. The third-order valence-electron chi connectivity index (χ3n) is 6.20. The summed E-state index contributed by atoms with van der Waals surface area (Å²) in [6, 6.07) is 7.14. The smallest absolute Gasteiger partial charge is 0.346 e. The second kappa shape index (κ2) is 11.6. The van der Waals surface area contributed by atoms with Gasteiger partial charge in [-0.1, -0.05) is 23.4 Å². The van der Waals surface area contributed by atoms with E-state index >= 15 is 0 Å². The summed E-state index contributed by atoms with van der Waals surface area (Å²) in [6.45, 7) is 9.30. The summed E-state index contributed by atoms with van der Waals surface area (Å²) in [5, 5.41) is 11.2. The molecule has 1 saturated heterocycles. The summed E-state index contributed by atoms with van der Waals surface area (Å²) in [4.78, 5) is 13.2. The number of benzene rings is 1. The van der Waals surface area contributed by atoms with Crippen molar-refractivity contribution < 1.29 is 23.7 Å². The Hall–Kier alpha value is -1.61. The molecule has 1 fully saturated rings. The number of carbonyl (C=O) groups is 1. The zero-order valence-corrected chi connectivity index (χ0v) is 23.5. The molecule has 35 heavy (non-hydrogen) atoms. The van der Waals surface area contributed by atoms with Crippen molar-refractivity contribution in [3.63, 3.8) is 0 Å². The fourth-order valence-corrected chi connectivity index (χ4v) is 7.97. The lowest BCUT2D eigenvalue weighted by atomic mass is 9.86. The normalized spacial score (nSPS) is 17.3. The van der Waals surface area contributed by atoms with E-state index in [1.807, 2.05) is 33.8 Å². The molecule has 3 rings (SSSR count). The summed E-state index contributed by atoms with van der Waals surface area (Å²) in [5.41, 5.74) is 1.29. The van der Waals surface area contributed by atoms with E-state index in [-0.39, 0.29) is 22.4 Å². The number of halogens is 1. The van der Waals surface area contributed by atoms with Gasteiger partial charge in [-0.2, -0.15) is 0 Å². The second-order valence-corrected chi connectivity index (χ2v) is 14.2. The standard InChI is InChI=1S/C27H34ClO5PS/c1-18-14-21(28)6-7-24(18)34(31,32-5)17-20(15-19-9-12-33-13-10-19)23-16-22(8-11-27(2,3)4)35-25(23)26(29)30/h6-7,14,16,19-20H,9-10,12-13,15,17H2,1-5H3,(H,29,30). The highest BCUT2D eigenvalue weighted by atomic mass is 35.5. The summed E-state index contributed by atoms with van der Waals surface area (Å²) >= 11 is 7.33. The van der Waals surface area contributed by atoms with Gasteiger partial charge in [0.2, 0.25) is 7.37 Å². The highest BCUT2D eigenvalue weighted by molar-refractivity contribution is 7.67. The first-order chi connectivity index (χ1) is 16.4. The number of carboxylic acids is 1. The van der Waals surface area contributed by atoms with Crippen LogP contribution in [0.5, 0.6) is 0 Å².